The Kier molecular flexibility index (Phi) is 5.07. The minimum absolute atomic E-state index is 0.00271. The van der Waals surface area contributed by atoms with Gasteiger partial charge in [-0.2, -0.15) is 0 Å². The van der Waals surface area contributed by atoms with E-state index in [1.54, 1.807) is 4.90 Å². The number of amides is 2. The van der Waals surface area contributed by atoms with Gasteiger partial charge in [-0.15, -0.1) is 0 Å². The first kappa shape index (κ1) is 17.6. The molecular formula is C23H24N2O2. The second kappa shape index (κ2) is 7.80. The highest BCUT2D eigenvalue weighted by molar-refractivity contribution is 6.01. The van der Waals surface area contributed by atoms with E-state index in [4.69, 9.17) is 0 Å². The van der Waals surface area contributed by atoms with Crippen LogP contribution in [0.4, 0.5) is 10.5 Å². The van der Waals surface area contributed by atoms with E-state index in [9.17, 15) is 9.90 Å². The first-order valence-corrected chi connectivity index (χ1v) is 9.52. The lowest BCUT2D eigenvalue weighted by Crippen LogP contribution is -2.41. The second-order valence-corrected chi connectivity index (χ2v) is 6.98. The third kappa shape index (κ3) is 3.53. The van der Waals surface area contributed by atoms with Crippen molar-refractivity contribution in [3.05, 3.63) is 77.9 Å². The largest absolute Gasteiger partial charge is 0.395 e. The summed E-state index contributed by atoms with van der Waals surface area (Å²) in [4.78, 5) is 14.9. The Bertz CT molecular complexity index is 949. The van der Waals surface area contributed by atoms with Crippen molar-refractivity contribution in [2.24, 2.45) is 0 Å². The van der Waals surface area contributed by atoms with Gasteiger partial charge in [-0.05, 0) is 41.8 Å². The lowest BCUT2D eigenvalue weighted by molar-refractivity contribution is 0.155. The number of nitrogens with zero attached hydrogens (tertiary/aromatic N) is 1. The zero-order chi connectivity index (χ0) is 18.6. The summed E-state index contributed by atoms with van der Waals surface area (Å²) in [5.74, 6) is 0. The van der Waals surface area contributed by atoms with Gasteiger partial charge < -0.3 is 15.3 Å². The molecule has 138 valence electrons. The van der Waals surface area contributed by atoms with Crippen molar-refractivity contribution in [2.45, 2.75) is 25.3 Å². The molecule has 2 N–H and O–H groups in total. The Morgan fingerprint density at radius 2 is 1.81 bits per heavy atom. The number of carbonyl (C=O) groups excluding carboxylic acids is 1. The average Bonchev–Trinajstić information content (AvgIpc) is 2.72. The van der Waals surface area contributed by atoms with Crippen LogP contribution < -0.4 is 5.32 Å². The molecule has 0 saturated carbocycles. The van der Waals surface area contributed by atoms with Crippen molar-refractivity contribution in [3.8, 4) is 0 Å². The van der Waals surface area contributed by atoms with Crippen LogP contribution in [0.1, 0.15) is 30.0 Å². The number of nitrogens with one attached hydrogen (secondary N) is 1. The normalized spacial score (nSPS) is 16.0. The number of carbonyl (C=O) groups is 1. The predicted octanol–water partition coefficient (Wildman–Crippen LogP) is 4.74. The molecule has 0 fully saturated rings. The summed E-state index contributed by atoms with van der Waals surface area (Å²) in [6.45, 7) is 0.261. The van der Waals surface area contributed by atoms with Crippen molar-refractivity contribution < 1.29 is 9.90 Å². The van der Waals surface area contributed by atoms with Crippen LogP contribution in [-0.2, 0) is 6.42 Å². The van der Waals surface area contributed by atoms with Crippen LogP contribution in [0.15, 0.2) is 66.7 Å². The number of anilines is 1. The number of fused-ring (bicyclic) bond motifs is 2. The van der Waals surface area contributed by atoms with E-state index in [0.29, 0.717) is 6.54 Å². The van der Waals surface area contributed by atoms with E-state index in [0.717, 1.165) is 35.7 Å². The molecule has 3 aromatic carbocycles. The van der Waals surface area contributed by atoms with Crippen LogP contribution in [0.3, 0.4) is 0 Å². The first-order chi connectivity index (χ1) is 13.3. The molecule has 2 amide bonds. The Balaban J connectivity index is 1.64. The highest BCUT2D eigenvalue weighted by atomic mass is 16.3. The molecule has 1 aliphatic carbocycles. The molecule has 0 aromatic heterocycles. The van der Waals surface area contributed by atoms with Crippen molar-refractivity contribution in [1.29, 1.82) is 0 Å². The Morgan fingerprint density at radius 1 is 1.04 bits per heavy atom. The summed E-state index contributed by atoms with van der Waals surface area (Å²) >= 11 is 0. The van der Waals surface area contributed by atoms with Gasteiger partial charge in [-0.25, -0.2) is 4.79 Å². The third-order valence-electron chi connectivity index (χ3n) is 5.35. The van der Waals surface area contributed by atoms with Crippen LogP contribution in [-0.4, -0.2) is 29.2 Å². The van der Waals surface area contributed by atoms with Gasteiger partial charge in [0.05, 0.1) is 18.3 Å². The van der Waals surface area contributed by atoms with Gasteiger partial charge in [-0.1, -0.05) is 60.7 Å². The molecule has 0 aliphatic heterocycles. The topological polar surface area (TPSA) is 52.6 Å². The number of benzene rings is 3. The SMILES string of the molecule is O=C(Nc1cccc2ccccc12)N(CCO)C1CCCc2ccccc21. The fourth-order valence-electron chi connectivity index (χ4n) is 4.08. The van der Waals surface area contributed by atoms with Crippen LogP contribution in [0, 0.1) is 0 Å². The molecule has 1 aliphatic rings. The summed E-state index contributed by atoms with van der Waals surface area (Å²) in [5.41, 5.74) is 3.30. The molecule has 0 radical (unpaired) electrons. The molecule has 1 unspecified atom stereocenters. The third-order valence-corrected chi connectivity index (χ3v) is 5.35. The minimum Gasteiger partial charge on any atom is -0.395 e. The van der Waals surface area contributed by atoms with Crippen molar-refractivity contribution >= 4 is 22.5 Å². The fraction of sp³-hybridized carbons (Fsp3) is 0.261. The Labute approximate surface area is 159 Å². The van der Waals surface area contributed by atoms with E-state index in [1.165, 1.54) is 11.1 Å². The summed E-state index contributed by atoms with van der Waals surface area (Å²) in [7, 11) is 0. The average molecular weight is 360 g/mol. The van der Waals surface area contributed by atoms with Crippen LogP contribution in [0.5, 0.6) is 0 Å². The van der Waals surface area contributed by atoms with Gasteiger partial charge in [0.15, 0.2) is 0 Å². The number of hydrogen-bond donors (Lipinski definition) is 2. The standard InChI is InChI=1S/C23H24N2O2/c26-16-15-25(22-14-6-10-18-8-2-4-12-20(18)22)23(27)24-21-13-5-9-17-7-1-3-11-19(17)21/h1-5,7-9,11-13,22,26H,6,10,14-16H2,(H,24,27). The second-order valence-electron chi connectivity index (χ2n) is 6.98. The smallest absolute Gasteiger partial charge is 0.322 e. The monoisotopic (exact) mass is 360 g/mol. The minimum atomic E-state index is -0.165. The molecule has 4 rings (SSSR count). The molecule has 1 atom stereocenters. The highest BCUT2D eigenvalue weighted by Crippen LogP contribution is 2.34. The maximum atomic E-state index is 13.2. The van der Waals surface area contributed by atoms with E-state index in [2.05, 4.69) is 17.4 Å². The number of aliphatic hydroxyl groups is 1. The van der Waals surface area contributed by atoms with Gasteiger partial charge in [0, 0.05) is 11.9 Å². The highest BCUT2D eigenvalue weighted by Gasteiger charge is 2.29. The van der Waals surface area contributed by atoms with Gasteiger partial charge in [-0.3, -0.25) is 0 Å². The van der Waals surface area contributed by atoms with Crippen LogP contribution in [0.2, 0.25) is 0 Å². The van der Waals surface area contributed by atoms with Gasteiger partial charge in [0.2, 0.25) is 0 Å². The zero-order valence-electron chi connectivity index (χ0n) is 15.3. The molecule has 4 heteroatoms. The van der Waals surface area contributed by atoms with E-state index >= 15 is 0 Å². The number of urea groups is 1. The predicted molar refractivity (Wildman–Crippen MR) is 109 cm³/mol. The van der Waals surface area contributed by atoms with Gasteiger partial charge in [0.1, 0.15) is 0 Å². The molecule has 4 nitrogen and oxygen atoms in total. The number of aliphatic hydroxyl groups excluding tert-OH is 1. The molecule has 0 heterocycles. The Hall–Kier alpha value is -2.85. The van der Waals surface area contributed by atoms with Crippen LogP contribution in [0.25, 0.3) is 10.8 Å². The van der Waals surface area contributed by atoms with Crippen molar-refractivity contribution in [3.63, 3.8) is 0 Å². The molecule has 0 spiro atoms. The summed E-state index contributed by atoms with van der Waals surface area (Å²) < 4.78 is 0. The molecule has 0 saturated heterocycles. The number of hydrogen-bond acceptors (Lipinski definition) is 2. The number of aryl methyl sites for hydroxylation is 1. The summed E-state index contributed by atoms with van der Waals surface area (Å²) in [5, 5.41) is 14.8. The first-order valence-electron chi connectivity index (χ1n) is 9.52. The van der Waals surface area contributed by atoms with E-state index in [1.807, 2.05) is 54.6 Å². The maximum absolute atomic E-state index is 13.2. The van der Waals surface area contributed by atoms with Crippen LogP contribution >= 0.6 is 0 Å². The summed E-state index contributed by atoms with van der Waals surface area (Å²) in [6.07, 6.45) is 3.01. The number of rotatable bonds is 4. The van der Waals surface area contributed by atoms with E-state index in [-0.39, 0.29) is 18.7 Å². The van der Waals surface area contributed by atoms with Crippen molar-refractivity contribution in [2.75, 3.05) is 18.5 Å². The van der Waals surface area contributed by atoms with Gasteiger partial charge >= 0.3 is 6.03 Å². The Morgan fingerprint density at radius 3 is 2.70 bits per heavy atom. The lowest BCUT2D eigenvalue weighted by atomic mass is 9.87. The molecule has 3 aromatic rings. The van der Waals surface area contributed by atoms with E-state index < -0.39 is 0 Å². The molecular weight excluding hydrogens is 336 g/mol. The van der Waals surface area contributed by atoms with Gasteiger partial charge in [0.25, 0.3) is 0 Å². The quantitative estimate of drug-likeness (QED) is 0.706. The maximum Gasteiger partial charge on any atom is 0.322 e. The molecule has 27 heavy (non-hydrogen) atoms. The lowest BCUT2D eigenvalue weighted by Gasteiger charge is -2.35. The molecule has 0 bridgehead atoms. The fourth-order valence-corrected chi connectivity index (χ4v) is 4.08. The van der Waals surface area contributed by atoms with Crippen molar-refractivity contribution in [1.82, 2.24) is 4.90 Å². The zero-order valence-corrected chi connectivity index (χ0v) is 15.3. The summed E-state index contributed by atoms with van der Waals surface area (Å²) in [6, 6.07) is 22.1.